The third-order valence-electron chi connectivity index (χ3n) is 1.87. The maximum atomic E-state index is 3.96. The molecular weight excluding hydrogens is 176 g/mol. The number of hydrogen-bond acceptors (Lipinski definition) is 3. The van der Waals surface area contributed by atoms with Gasteiger partial charge in [0.05, 0.1) is 6.54 Å². The molecular formula is C10H10N4. The smallest absolute Gasteiger partial charge is 0.182 e. The van der Waals surface area contributed by atoms with Crippen LogP contribution in [0.1, 0.15) is 0 Å². The zero-order chi connectivity index (χ0) is 9.80. The molecule has 0 saturated carbocycles. The Bertz CT molecular complexity index is 419. The van der Waals surface area contributed by atoms with Crippen LogP contribution in [0, 0.1) is 0 Å². The van der Waals surface area contributed by atoms with Crippen molar-refractivity contribution >= 4 is 0 Å². The fraction of sp³-hybridized carbons (Fsp3) is 0.100. The Morgan fingerprint density at radius 2 is 2.07 bits per heavy atom. The fourth-order valence-electron chi connectivity index (χ4n) is 1.24. The topological polar surface area (TPSA) is 43.6 Å². The van der Waals surface area contributed by atoms with Gasteiger partial charge in [0, 0.05) is 5.56 Å². The van der Waals surface area contributed by atoms with Gasteiger partial charge >= 0.3 is 0 Å². The summed E-state index contributed by atoms with van der Waals surface area (Å²) in [5.41, 5.74) is 1.01. The van der Waals surface area contributed by atoms with E-state index in [1.165, 1.54) is 0 Å². The second kappa shape index (κ2) is 3.83. The molecule has 0 radical (unpaired) electrons. The number of nitrogens with zero attached hydrogens (tertiary/aromatic N) is 4. The molecule has 0 unspecified atom stereocenters. The molecule has 2 aromatic rings. The number of allylic oxidation sites excluding steroid dienone is 1. The van der Waals surface area contributed by atoms with Gasteiger partial charge in [0.15, 0.2) is 5.82 Å². The zero-order valence-corrected chi connectivity index (χ0v) is 7.67. The van der Waals surface area contributed by atoms with E-state index in [1.807, 2.05) is 30.3 Å². The summed E-state index contributed by atoms with van der Waals surface area (Å²) >= 11 is 0. The molecule has 0 atom stereocenters. The molecule has 1 heterocycles. The van der Waals surface area contributed by atoms with Crippen LogP contribution in [0.5, 0.6) is 0 Å². The molecule has 0 aliphatic carbocycles. The molecule has 4 heteroatoms. The first-order valence-electron chi connectivity index (χ1n) is 4.34. The summed E-state index contributed by atoms with van der Waals surface area (Å²) in [7, 11) is 0. The highest BCUT2D eigenvalue weighted by Crippen LogP contribution is 2.14. The normalized spacial score (nSPS) is 10.0. The minimum absolute atomic E-state index is 0.622. The lowest BCUT2D eigenvalue weighted by atomic mass is 10.2. The molecule has 14 heavy (non-hydrogen) atoms. The third-order valence-corrected chi connectivity index (χ3v) is 1.87. The first-order chi connectivity index (χ1) is 6.92. The van der Waals surface area contributed by atoms with Gasteiger partial charge in [0.2, 0.25) is 0 Å². The average molecular weight is 186 g/mol. The van der Waals surface area contributed by atoms with Crippen molar-refractivity contribution in [2.75, 3.05) is 0 Å². The number of hydrogen-bond donors (Lipinski definition) is 0. The third kappa shape index (κ3) is 1.54. The highest BCUT2D eigenvalue weighted by molar-refractivity contribution is 5.53. The Labute approximate surface area is 81.9 Å². The van der Waals surface area contributed by atoms with Crippen molar-refractivity contribution < 1.29 is 0 Å². The lowest BCUT2D eigenvalue weighted by Gasteiger charge is -2.00. The quantitative estimate of drug-likeness (QED) is 0.683. The minimum Gasteiger partial charge on any atom is -0.222 e. The van der Waals surface area contributed by atoms with Gasteiger partial charge in [-0.15, -0.1) is 11.7 Å². The van der Waals surface area contributed by atoms with Crippen LogP contribution in [0.2, 0.25) is 0 Å². The molecule has 0 aliphatic rings. The number of benzene rings is 1. The van der Waals surface area contributed by atoms with Crippen molar-refractivity contribution in [1.82, 2.24) is 20.2 Å². The molecule has 1 aromatic carbocycles. The molecule has 0 aliphatic heterocycles. The minimum atomic E-state index is 0.622. The van der Waals surface area contributed by atoms with Gasteiger partial charge in [-0.25, -0.2) is 4.68 Å². The van der Waals surface area contributed by atoms with Gasteiger partial charge in [-0.1, -0.05) is 36.4 Å². The Balaban J connectivity index is 2.41. The predicted molar refractivity (Wildman–Crippen MR) is 53.5 cm³/mol. The second-order valence-electron chi connectivity index (χ2n) is 2.84. The van der Waals surface area contributed by atoms with Crippen LogP contribution in [0.15, 0.2) is 43.0 Å². The van der Waals surface area contributed by atoms with Crippen LogP contribution in [-0.4, -0.2) is 20.2 Å². The van der Waals surface area contributed by atoms with E-state index in [0.29, 0.717) is 6.54 Å². The molecule has 1 aromatic heterocycles. The molecule has 4 nitrogen and oxygen atoms in total. The number of rotatable bonds is 3. The summed E-state index contributed by atoms with van der Waals surface area (Å²) in [6, 6.07) is 9.84. The van der Waals surface area contributed by atoms with Crippen LogP contribution in [0.25, 0.3) is 11.4 Å². The number of tetrazole rings is 1. The van der Waals surface area contributed by atoms with Gasteiger partial charge in [-0.2, -0.15) is 0 Å². The zero-order valence-electron chi connectivity index (χ0n) is 7.67. The Morgan fingerprint density at radius 3 is 2.79 bits per heavy atom. The van der Waals surface area contributed by atoms with Crippen LogP contribution >= 0.6 is 0 Å². The van der Waals surface area contributed by atoms with Crippen molar-refractivity contribution in [3.8, 4) is 11.4 Å². The van der Waals surface area contributed by atoms with Crippen molar-refractivity contribution in [2.24, 2.45) is 0 Å². The molecule has 0 fully saturated rings. The molecule has 0 bridgehead atoms. The highest BCUT2D eigenvalue weighted by atomic mass is 15.5. The summed E-state index contributed by atoms with van der Waals surface area (Å²) < 4.78 is 1.71. The van der Waals surface area contributed by atoms with E-state index >= 15 is 0 Å². The van der Waals surface area contributed by atoms with Gasteiger partial charge < -0.3 is 0 Å². The fourth-order valence-corrected chi connectivity index (χ4v) is 1.24. The summed E-state index contributed by atoms with van der Waals surface area (Å²) in [6.07, 6.45) is 1.77. The SMILES string of the molecule is C=CCn1nnnc1-c1ccccc1. The maximum absolute atomic E-state index is 3.96. The van der Waals surface area contributed by atoms with Gasteiger partial charge in [-0.3, -0.25) is 0 Å². The van der Waals surface area contributed by atoms with E-state index in [2.05, 4.69) is 22.1 Å². The summed E-state index contributed by atoms with van der Waals surface area (Å²) in [5.74, 6) is 0.769. The Morgan fingerprint density at radius 1 is 1.29 bits per heavy atom. The second-order valence-corrected chi connectivity index (χ2v) is 2.84. The van der Waals surface area contributed by atoms with Crippen LogP contribution < -0.4 is 0 Å². The average Bonchev–Trinajstić information content (AvgIpc) is 2.68. The Hall–Kier alpha value is -1.97. The largest absolute Gasteiger partial charge is 0.222 e. The first kappa shape index (κ1) is 8.62. The highest BCUT2D eigenvalue weighted by Gasteiger charge is 2.05. The van der Waals surface area contributed by atoms with E-state index < -0.39 is 0 Å². The van der Waals surface area contributed by atoms with E-state index in [0.717, 1.165) is 11.4 Å². The first-order valence-corrected chi connectivity index (χ1v) is 4.34. The maximum Gasteiger partial charge on any atom is 0.182 e. The molecule has 0 N–H and O–H groups in total. The van der Waals surface area contributed by atoms with Gasteiger partial charge in [-0.05, 0) is 10.4 Å². The standard InChI is InChI=1S/C10H10N4/c1-2-8-14-10(11-12-13-14)9-6-4-3-5-7-9/h2-7H,1,8H2. The van der Waals surface area contributed by atoms with Crippen molar-refractivity contribution in [3.05, 3.63) is 43.0 Å². The van der Waals surface area contributed by atoms with Gasteiger partial charge in [0.25, 0.3) is 0 Å². The van der Waals surface area contributed by atoms with Crippen LogP contribution in [-0.2, 0) is 6.54 Å². The van der Waals surface area contributed by atoms with Crippen LogP contribution in [0.4, 0.5) is 0 Å². The van der Waals surface area contributed by atoms with Crippen molar-refractivity contribution in [2.45, 2.75) is 6.54 Å². The molecule has 0 saturated heterocycles. The molecule has 0 amide bonds. The molecule has 2 rings (SSSR count). The van der Waals surface area contributed by atoms with Crippen molar-refractivity contribution in [3.63, 3.8) is 0 Å². The summed E-state index contributed by atoms with van der Waals surface area (Å²) in [6.45, 7) is 4.28. The monoisotopic (exact) mass is 186 g/mol. The van der Waals surface area contributed by atoms with E-state index in [9.17, 15) is 0 Å². The predicted octanol–water partition coefficient (Wildman–Crippen LogP) is 1.53. The van der Waals surface area contributed by atoms with Crippen LogP contribution in [0.3, 0.4) is 0 Å². The van der Waals surface area contributed by atoms with E-state index in [-0.39, 0.29) is 0 Å². The Kier molecular flexibility index (Phi) is 2.36. The summed E-state index contributed by atoms with van der Waals surface area (Å²) in [4.78, 5) is 0. The lowest BCUT2D eigenvalue weighted by molar-refractivity contribution is 0.665. The number of aromatic nitrogens is 4. The molecule has 0 spiro atoms. The summed E-state index contributed by atoms with van der Waals surface area (Å²) in [5, 5.41) is 11.5. The van der Waals surface area contributed by atoms with E-state index in [4.69, 9.17) is 0 Å². The molecule has 70 valence electrons. The van der Waals surface area contributed by atoms with E-state index in [1.54, 1.807) is 10.8 Å². The van der Waals surface area contributed by atoms with Gasteiger partial charge in [0.1, 0.15) is 0 Å². The lowest BCUT2D eigenvalue weighted by Crippen LogP contribution is -2.00. The van der Waals surface area contributed by atoms with Crippen molar-refractivity contribution in [1.29, 1.82) is 0 Å².